The van der Waals surface area contributed by atoms with Gasteiger partial charge in [0.1, 0.15) is 0 Å². The van der Waals surface area contributed by atoms with E-state index in [2.05, 4.69) is 35.0 Å². The molecule has 1 unspecified atom stereocenters. The summed E-state index contributed by atoms with van der Waals surface area (Å²) < 4.78 is 5.37. The second-order valence-electron chi connectivity index (χ2n) is 4.05. The molecular formula is C10H19NOPS+. The maximum Gasteiger partial charge on any atom is 0.0975 e. The molecule has 2 aliphatic rings. The van der Waals surface area contributed by atoms with Crippen LogP contribution in [0.4, 0.5) is 0 Å². The molecule has 2 heterocycles. The normalized spacial score (nSPS) is 33.3. The Morgan fingerprint density at radius 3 is 2.71 bits per heavy atom. The van der Waals surface area contributed by atoms with Gasteiger partial charge in [0.2, 0.25) is 0 Å². The second kappa shape index (κ2) is 4.42. The van der Waals surface area contributed by atoms with E-state index >= 15 is 0 Å². The monoisotopic (exact) mass is 232 g/mol. The minimum Gasteiger partial charge on any atom is -0.378 e. The Morgan fingerprint density at radius 1 is 1.43 bits per heavy atom. The third-order valence-electron chi connectivity index (χ3n) is 3.07. The van der Waals surface area contributed by atoms with Gasteiger partial charge in [-0.3, -0.25) is 0 Å². The van der Waals surface area contributed by atoms with E-state index in [1.54, 1.807) is 5.70 Å². The zero-order valence-electron chi connectivity index (χ0n) is 9.03. The first kappa shape index (κ1) is 10.8. The molecule has 0 aromatic rings. The molecular weight excluding hydrogens is 213 g/mol. The topological polar surface area (TPSA) is 12.5 Å². The third-order valence-corrected chi connectivity index (χ3v) is 9.22. The Labute approximate surface area is 91.2 Å². The lowest BCUT2D eigenvalue weighted by Gasteiger charge is -2.28. The van der Waals surface area contributed by atoms with Crippen molar-refractivity contribution in [3.8, 4) is 0 Å². The van der Waals surface area contributed by atoms with E-state index in [0.29, 0.717) is 0 Å². The van der Waals surface area contributed by atoms with Gasteiger partial charge in [0.05, 0.1) is 44.0 Å². The van der Waals surface area contributed by atoms with Gasteiger partial charge in [0.25, 0.3) is 0 Å². The first-order valence-electron chi connectivity index (χ1n) is 5.19. The molecule has 14 heavy (non-hydrogen) atoms. The minimum atomic E-state index is -0.752. The lowest BCUT2D eigenvalue weighted by atomic mass is 10.3. The summed E-state index contributed by atoms with van der Waals surface area (Å²) in [6.45, 7) is 5.71. The highest BCUT2D eigenvalue weighted by atomic mass is 32.7. The summed E-state index contributed by atoms with van der Waals surface area (Å²) in [6, 6.07) is 0. The van der Waals surface area contributed by atoms with Crippen molar-refractivity contribution >= 4 is 17.8 Å². The number of allylic oxidation sites excluding steroid dienone is 1. The number of morpholine rings is 1. The number of nitrogens with zero attached hydrogens (tertiary/aromatic N) is 1. The maximum atomic E-state index is 5.37. The number of rotatable bonds is 2. The first-order chi connectivity index (χ1) is 6.73. The van der Waals surface area contributed by atoms with Crippen LogP contribution >= 0.6 is 17.8 Å². The molecule has 1 fully saturated rings. The summed E-state index contributed by atoms with van der Waals surface area (Å²) in [5.41, 5.74) is 1.60. The van der Waals surface area contributed by atoms with Gasteiger partial charge in [-0.05, 0) is 0 Å². The van der Waals surface area contributed by atoms with Gasteiger partial charge >= 0.3 is 0 Å². The van der Waals surface area contributed by atoms with Gasteiger partial charge in [0, 0.05) is 37.1 Å². The van der Waals surface area contributed by atoms with Crippen LogP contribution in [0.2, 0.25) is 0 Å². The van der Waals surface area contributed by atoms with E-state index in [9.17, 15) is 0 Å². The maximum absolute atomic E-state index is 5.37. The molecule has 1 atom stereocenters. The highest BCUT2D eigenvalue weighted by Crippen LogP contribution is 2.71. The van der Waals surface area contributed by atoms with Gasteiger partial charge in [-0.25, -0.2) is 0 Å². The summed E-state index contributed by atoms with van der Waals surface area (Å²) in [4.78, 5) is 2.52. The van der Waals surface area contributed by atoms with Crippen molar-refractivity contribution in [2.24, 2.45) is 0 Å². The predicted octanol–water partition coefficient (Wildman–Crippen LogP) is 2.49. The Morgan fingerprint density at radius 2 is 2.14 bits per heavy atom. The smallest absolute Gasteiger partial charge is 0.0975 e. The zero-order chi connectivity index (χ0) is 10.0. The van der Waals surface area contributed by atoms with Crippen LogP contribution in [0.1, 0.15) is 6.42 Å². The van der Waals surface area contributed by atoms with E-state index in [-0.39, 0.29) is 0 Å². The number of ether oxygens (including phenoxy) is 1. The van der Waals surface area contributed by atoms with Crippen LogP contribution < -0.4 is 0 Å². The molecule has 1 saturated heterocycles. The molecule has 2 aliphatic heterocycles. The second-order valence-corrected chi connectivity index (χ2v) is 11.1. The van der Waals surface area contributed by atoms with Gasteiger partial charge in [0.15, 0.2) is 0 Å². The van der Waals surface area contributed by atoms with Crippen molar-refractivity contribution in [2.75, 3.05) is 45.4 Å². The lowest BCUT2D eigenvalue weighted by molar-refractivity contribution is 0.0528. The minimum absolute atomic E-state index is 0.752. The van der Waals surface area contributed by atoms with Gasteiger partial charge in [-0.2, -0.15) is 0 Å². The van der Waals surface area contributed by atoms with Crippen LogP contribution in [0.15, 0.2) is 11.5 Å². The van der Waals surface area contributed by atoms with Crippen LogP contribution in [0.5, 0.6) is 0 Å². The van der Waals surface area contributed by atoms with Crippen molar-refractivity contribution in [1.29, 1.82) is 0 Å². The summed E-state index contributed by atoms with van der Waals surface area (Å²) >= 11 is 2.08. The summed E-state index contributed by atoms with van der Waals surface area (Å²) in [5.74, 6) is 2.57. The molecule has 0 aromatic carbocycles. The molecule has 0 aromatic heterocycles. The molecule has 80 valence electrons. The highest BCUT2D eigenvalue weighted by molar-refractivity contribution is 8.63. The fourth-order valence-electron chi connectivity index (χ4n) is 2.02. The summed E-state index contributed by atoms with van der Waals surface area (Å²) in [6.07, 6.45) is 4.96. The molecule has 2 rings (SSSR count). The van der Waals surface area contributed by atoms with Gasteiger partial charge in [-0.1, -0.05) is 0 Å². The Hall–Kier alpha value is 0.280. The summed E-state index contributed by atoms with van der Waals surface area (Å²) in [7, 11) is 0. The molecule has 0 spiro atoms. The largest absolute Gasteiger partial charge is 0.378 e. The standard InChI is InChI=1S/C10H19NOPS/c1-13(14-2)8-3-10(9-13)11-4-6-12-7-5-11/h9H,3-8H2,1-2H3/q+1. The number of hydrogen-bond acceptors (Lipinski definition) is 3. The Bertz CT molecular complexity index is 240. The highest BCUT2D eigenvalue weighted by Gasteiger charge is 2.37. The quantitative estimate of drug-likeness (QED) is 0.679. The molecule has 0 N–H and O–H groups in total. The average molecular weight is 232 g/mol. The van der Waals surface area contributed by atoms with E-state index in [0.717, 1.165) is 26.3 Å². The third kappa shape index (κ3) is 2.26. The van der Waals surface area contributed by atoms with E-state index < -0.39 is 6.46 Å². The molecule has 0 saturated carbocycles. The predicted molar refractivity (Wildman–Crippen MR) is 66.3 cm³/mol. The Kier molecular flexibility index (Phi) is 3.41. The van der Waals surface area contributed by atoms with Crippen LogP contribution in [-0.2, 0) is 4.74 Å². The molecule has 0 aliphatic carbocycles. The first-order valence-corrected chi connectivity index (χ1v) is 9.51. The number of hydrogen-bond donors (Lipinski definition) is 0. The van der Waals surface area contributed by atoms with Crippen LogP contribution in [0, 0.1) is 0 Å². The average Bonchev–Trinajstić information content (AvgIpc) is 2.63. The van der Waals surface area contributed by atoms with Gasteiger partial charge < -0.3 is 9.64 Å². The molecule has 0 amide bonds. The SMILES string of the molecule is CS[P+]1(C)C=C(N2CCOCC2)CC1. The van der Waals surface area contributed by atoms with E-state index in [4.69, 9.17) is 4.74 Å². The molecule has 4 heteroatoms. The van der Waals surface area contributed by atoms with Crippen molar-refractivity contribution in [2.45, 2.75) is 6.42 Å². The van der Waals surface area contributed by atoms with Crippen LogP contribution in [-0.4, -0.2) is 50.3 Å². The van der Waals surface area contributed by atoms with Crippen molar-refractivity contribution in [1.82, 2.24) is 4.90 Å². The summed E-state index contributed by atoms with van der Waals surface area (Å²) in [5, 5.41) is 0. The fraction of sp³-hybridized carbons (Fsp3) is 0.800. The van der Waals surface area contributed by atoms with Crippen LogP contribution in [0.25, 0.3) is 0 Å². The Balaban J connectivity index is 2.01. The lowest BCUT2D eigenvalue weighted by Crippen LogP contribution is -2.35. The molecule has 0 bridgehead atoms. The molecule has 0 radical (unpaired) electrons. The zero-order valence-corrected chi connectivity index (χ0v) is 10.7. The molecule has 2 nitrogen and oxygen atoms in total. The van der Waals surface area contributed by atoms with Crippen molar-refractivity contribution in [3.05, 3.63) is 11.5 Å². The van der Waals surface area contributed by atoms with E-state index in [1.807, 2.05) is 0 Å². The fourth-order valence-corrected chi connectivity index (χ4v) is 5.53. The van der Waals surface area contributed by atoms with Crippen LogP contribution in [0.3, 0.4) is 0 Å². The van der Waals surface area contributed by atoms with Crippen molar-refractivity contribution in [3.63, 3.8) is 0 Å². The van der Waals surface area contributed by atoms with Gasteiger partial charge in [-0.15, -0.1) is 0 Å². The van der Waals surface area contributed by atoms with Crippen molar-refractivity contribution < 1.29 is 4.74 Å². The van der Waals surface area contributed by atoms with E-state index in [1.165, 1.54) is 12.6 Å².